The van der Waals surface area contributed by atoms with Crippen molar-refractivity contribution < 1.29 is 5.11 Å². The summed E-state index contributed by atoms with van der Waals surface area (Å²) in [4.78, 5) is 4.30. The Morgan fingerprint density at radius 1 is 0.882 bits per heavy atom. The minimum absolute atomic E-state index is 0.335. The van der Waals surface area contributed by atoms with Crippen LogP contribution in [0.2, 0.25) is 0 Å². The molecule has 0 aliphatic carbocycles. The van der Waals surface area contributed by atoms with Crippen LogP contribution < -0.4 is 0 Å². The van der Waals surface area contributed by atoms with E-state index in [0.29, 0.717) is 5.75 Å². The molecule has 1 N–H and O–H groups in total. The molecule has 2 aromatic rings. The van der Waals surface area contributed by atoms with Crippen molar-refractivity contribution >= 4 is 0 Å². The number of phenols is 1. The molecule has 0 aliphatic heterocycles. The number of aromatic nitrogens is 1. The molecule has 0 amide bonds. The second-order valence-corrected chi connectivity index (χ2v) is 4.19. The van der Waals surface area contributed by atoms with E-state index in [1.807, 2.05) is 30.5 Å². The van der Waals surface area contributed by atoms with Crippen LogP contribution in [-0.2, 0) is 12.8 Å². The van der Waals surface area contributed by atoms with Gasteiger partial charge in [-0.1, -0.05) is 18.2 Å². The summed E-state index contributed by atoms with van der Waals surface area (Å²) in [6.07, 6.45) is 6.25. The maximum Gasteiger partial charge on any atom is 0.115 e. The van der Waals surface area contributed by atoms with Crippen LogP contribution >= 0.6 is 0 Å². The molecule has 1 aromatic heterocycles. The Hall–Kier alpha value is -1.83. The lowest BCUT2D eigenvalue weighted by Gasteiger charge is -2.02. The van der Waals surface area contributed by atoms with Gasteiger partial charge in [0.05, 0.1) is 0 Å². The van der Waals surface area contributed by atoms with Crippen LogP contribution in [0.1, 0.15) is 24.1 Å². The first kappa shape index (κ1) is 11.6. The van der Waals surface area contributed by atoms with Gasteiger partial charge in [-0.05, 0) is 55.5 Å². The summed E-state index contributed by atoms with van der Waals surface area (Å²) in [5.74, 6) is 0.335. The maximum atomic E-state index is 9.17. The van der Waals surface area contributed by atoms with Crippen LogP contribution in [0, 0.1) is 0 Å². The van der Waals surface area contributed by atoms with Crippen LogP contribution in [0.3, 0.4) is 0 Å². The molecule has 17 heavy (non-hydrogen) atoms. The number of rotatable bonds is 5. The predicted molar refractivity (Wildman–Crippen MR) is 69.0 cm³/mol. The first-order chi connectivity index (χ1) is 8.34. The van der Waals surface area contributed by atoms with Gasteiger partial charge in [0.25, 0.3) is 0 Å². The highest BCUT2D eigenvalue weighted by molar-refractivity contribution is 5.25. The zero-order chi connectivity index (χ0) is 11.9. The van der Waals surface area contributed by atoms with Crippen molar-refractivity contribution in [1.82, 2.24) is 4.98 Å². The van der Waals surface area contributed by atoms with Crippen LogP contribution in [0.15, 0.2) is 48.7 Å². The molecule has 1 aromatic carbocycles. The number of aromatic hydroxyl groups is 1. The molecule has 0 spiro atoms. The predicted octanol–water partition coefficient (Wildman–Crippen LogP) is 3.35. The summed E-state index contributed by atoms with van der Waals surface area (Å²) in [7, 11) is 0. The summed E-state index contributed by atoms with van der Waals surface area (Å²) in [5, 5.41) is 9.17. The highest BCUT2D eigenvalue weighted by atomic mass is 16.3. The first-order valence-electron chi connectivity index (χ1n) is 6.02. The van der Waals surface area contributed by atoms with E-state index in [2.05, 4.69) is 11.1 Å². The van der Waals surface area contributed by atoms with E-state index in [0.717, 1.165) is 25.7 Å². The normalized spacial score (nSPS) is 10.4. The van der Waals surface area contributed by atoms with E-state index >= 15 is 0 Å². The van der Waals surface area contributed by atoms with E-state index in [1.54, 1.807) is 12.1 Å². The number of aryl methyl sites for hydroxylation is 2. The Labute approximate surface area is 102 Å². The van der Waals surface area contributed by atoms with Gasteiger partial charge in [-0.15, -0.1) is 0 Å². The third kappa shape index (κ3) is 3.91. The van der Waals surface area contributed by atoms with Crippen molar-refractivity contribution in [2.75, 3.05) is 0 Å². The molecule has 2 nitrogen and oxygen atoms in total. The monoisotopic (exact) mass is 227 g/mol. The number of unbranched alkanes of at least 4 members (excludes halogenated alkanes) is 1. The van der Waals surface area contributed by atoms with Crippen LogP contribution in [-0.4, -0.2) is 10.1 Å². The molecule has 1 heterocycles. The van der Waals surface area contributed by atoms with E-state index in [9.17, 15) is 0 Å². The third-order valence-electron chi connectivity index (χ3n) is 2.81. The molecule has 2 heteroatoms. The van der Waals surface area contributed by atoms with Crippen molar-refractivity contribution in [3.8, 4) is 5.75 Å². The largest absolute Gasteiger partial charge is 0.508 e. The fourth-order valence-electron chi connectivity index (χ4n) is 1.84. The van der Waals surface area contributed by atoms with Gasteiger partial charge in [0, 0.05) is 11.9 Å². The average molecular weight is 227 g/mol. The number of benzene rings is 1. The number of hydrogen-bond acceptors (Lipinski definition) is 2. The smallest absolute Gasteiger partial charge is 0.115 e. The van der Waals surface area contributed by atoms with Crippen molar-refractivity contribution in [2.24, 2.45) is 0 Å². The van der Waals surface area contributed by atoms with Crippen molar-refractivity contribution in [3.05, 3.63) is 59.9 Å². The molecule has 0 bridgehead atoms. The zero-order valence-corrected chi connectivity index (χ0v) is 9.84. The fraction of sp³-hybridized carbons (Fsp3) is 0.267. The topological polar surface area (TPSA) is 33.1 Å². The van der Waals surface area contributed by atoms with Gasteiger partial charge >= 0.3 is 0 Å². The van der Waals surface area contributed by atoms with Gasteiger partial charge in [-0.3, -0.25) is 4.98 Å². The summed E-state index contributed by atoms with van der Waals surface area (Å²) < 4.78 is 0. The summed E-state index contributed by atoms with van der Waals surface area (Å²) in [5.41, 5.74) is 2.45. The summed E-state index contributed by atoms with van der Waals surface area (Å²) in [6, 6.07) is 13.5. The Balaban J connectivity index is 1.71. The molecule has 0 atom stereocenters. The molecule has 0 saturated heterocycles. The highest BCUT2D eigenvalue weighted by Crippen LogP contribution is 2.12. The second-order valence-electron chi connectivity index (χ2n) is 4.19. The minimum Gasteiger partial charge on any atom is -0.508 e. The Bertz CT molecular complexity index is 436. The molecule has 0 radical (unpaired) electrons. The molecular weight excluding hydrogens is 210 g/mol. The van der Waals surface area contributed by atoms with E-state index < -0.39 is 0 Å². The van der Waals surface area contributed by atoms with Gasteiger partial charge in [-0.2, -0.15) is 0 Å². The zero-order valence-electron chi connectivity index (χ0n) is 9.84. The lowest BCUT2D eigenvalue weighted by molar-refractivity contribution is 0.475. The number of nitrogens with zero attached hydrogens (tertiary/aromatic N) is 1. The molecule has 0 saturated carbocycles. The maximum absolute atomic E-state index is 9.17. The summed E-state index contributed by atoms with van der Waals surface area (Å²) >= 11 is 0. The van der Waals surface area contributed by atoms with Crippen LogP contribution in [0.25, 0.3) is 0 Å². The minimum atomic E-state index is 0.335. The molecule has 2 rings (SSSR count). The van der Waals surface area contributed by atoms with E-state index in [-0.39, 0.29) is 0 Å². The Morgan fingerprint density at radius 2 is 1.65 bits per heavy atom. The quantitative estimate of drug-likeness (QED) is 0.794. The van der Waals surface area contributed by atoms with Crippen molar-refractivity contribution in [2.45, 2.75) is 25.7 Å². The number of phenolic OH excluding ortho intramolecular Hbond substituents is 1. The first-order valence-corrected chi connectivity index (χ1v) is 6.02. The van der Waals surface area contributed by atoms with Gasteiger partial charge in [-0.25, -0.2) is 0 Å². The summed E-state index contributed by atoms with van der Waals surface area (Å²) in [6.45, 7) is 0. The standard InChI is InChI=1S/C15H17NO/c17-15-10-8-13(9-11-15)5-1-2-6-14-7-3-4-12-16-14/h3-4,7-12,17H,1-2,5-6H2. The highest BCUT2D eigenvalue weighted by Gasteiger charge is 1.96. The van der Waals surface area contributed by atoms with Crippen molar-refractivity contribution in [3.63, 3.8) is 0 Å². The molecule has 88 valence electrons. The Morgan fingerprint density at radius 3 is 2.35 bits per heavy atom. The van der Waals surface area contributed by atoms with E-state index in [1.165, 1.54) is 11.3 Å². The Kier molecular flexibility index (Phi) is 4.14. The third-order valence-corrected chi connectivity index (χ3v) is 2.81. The second kappa shape index (κ2) is 6.04. The molecule has 0 unspecified atom stereocenters. The number of pyridine rings is 1. The van der Waals surface area contributed by atoms with Gasteiger partial charge in [0.2, 0.25) is 0 Å². The molecular formula is C15H17NO. The average Bonchev–Trinajstić information content (AvgIpc) is 2.38. The van der Waals surface area contributed by atoms with Gasteiger partial charge < -0.3 is 5.11 Å². The van der Waals surface area contributed by atoms with Crippen molar-refractivity contribution in [1.29, 1.82) is 0 Å². The lowest BCUT2D eigenvalue weighted by atomic mass is 10.1. The van der Waals surface area contributed by atoms with Crippen LogP contribution in [0.5, 0.6) is 5.75 Å². The SMILES string of the molecule is Oc1ccc(CCCCc2ccccn2)cc1. The van der Waals surface area contributed by atoms with Gasteiger partial charge in [0.1, 0.15) is 5.75 Å². The molecule has 0 aliphatic rings. The molecule has 0 fully saturated rings. The van der Waals surface area contributed by atoms with Gasteiger partial charge in [0.15, 0.2) is 0 Å². The van der Waals surface area contributed by atoms with E-state index in [4.69, 9.17) is 5.11 Å². The lowest BCUT2D eigenvalue weighted by Crippen LogP contribution is -1.91. The van der Waals surface area contributed by atoms with Crippen LogP contribution in [0.4, 0.5) is 0 Å². The number of hydrogen-bond donors (Lipinski definition) is 1. The fourth-order valence-corrected chi connectivity index (χ4v) is 1.84.